The van der Waals surface area contributed by atoms with Gasteiger partial charge in [-0.1, -0.05) is 39.0 Å². The Morgan fingerprint density at radius 2 is 2.04 bits per heavy atom. The number of hydrogen-bond acceptors (Lipinski definition) is 6. The van der Waals surface area contributed by atoms with Gasteiger partial charge in [0.1, 0.15) is 12.1 Å². The van der Waals surface area contributed by atoms with Gasteiger partial charge < -0.3 is 25.4 Å². The van der Waals surface area contributed by atoms with Crippen LogP contribution in [0.25, 0.3) is 0 Å². The number of carbonyl (C=O) groups excluding carboxylic acids is 1. The summed E-state index contributed by atoms with van der Waals surface area (Å²) in [5.74, 6) is -2.96. The zero-order valence-electron chi connectivity index (χ0n) is 16.5. The van der Waals surface area contributed by atoms with Crippen molar-refractivity contribution in [2.75, 3.05) is 6.54 Å². The van der Waals surface area contributed by atoms with Gasteiger partial charge in [-0.2, -0.15) is 0 Å². The fourth-order valence-electron chi connectivity index (χ4n) is 5.16. The lowest BCUT2D eigenvalue weighted by Gasteiger charge is -2.29. The van der Waals surface area contributed by atoms with E-state index in [1.165, 1.54) is 0 Å². The first-order chi connectivity index (χ1) is 13.2. The Morgan fingerprint density at radius 1 is 1.36 bits per heavy atom. The smallest absolute Gasteiger partial charge is 0.320 e. The minimum atomic E-state index is -0.959. The molecule has 4 N–H and O–H groups in total. The van der Waals surface area contributed by atoms with Gasteiger partial charge >= 0.3 is 11.9 Å². The lowest BCUT2D eigenvalue weighted by molar-refractivity contribution is -0.146. The van der Waals surface area contributed by atoms with E-state index in [0.29, 0.717) is 24.8 Å². The van der Waals surface area contributed by atoms with E-state index in [1.807, 2.05) is 13.8 Å². The second-order valence-corrected chi connectivity index (χ2v) is 8.58. The quantitative estimate of drug-likeness (QED) is 0.394. The summed E-state index contributed by atoms with van der Waals surface area (Å²) in [6.45, 7) is 12.0. The van der Waals surface area contributed by atoms with E-state index in [2.05, 4.69) is 18.5 Å². The van der Waals surface area contributed by atoms with Crippen LogP contribution in [0, 0.1) is 29.6 Å². The van der Waals surface area contributed by atoms with Gasteiger partial charge in [0.2, 0.25) is 0 Å². The summed E-state index contributed by atoms with van der Waals surface area (Å²) in [5, 5.41) is 33.6. The Bertz CT molecular complexity index is 676. The second kappa shape index (κ2) is 7.97. The van der Waals surface area contributed by atoms with Crippen molar-refractivity contribution in [3.63, 3.8) is 0 Å². The first-order valence-electron chi connectivity index (χ1n) is 10.1. The van der Waals surface area contributed by atoms with Crippen LogP contribution >= 0.6 is 0 Å². The molecule has 0 aromatic carbocycles. The van der Waals surface area contributed by atoms with Crippen molar-refractivity contribution in [2.24, 2.45) is 29.6 Å². The maximum atomic E-state index is 12.6. The summed E-state index contributed by atoms with van der Waals surface area (Å²) in [6, 6.07) is -0.772. The maximum absolute atomic E-state index is 12.6. The third kappa shape index (κ3) is 3.51. The zero-order valence-corrected chi connectivity index (χ0v) is 16.5. The fourth-order valence-corrected chi connectivity index (χ4v) is 5.16. The number of fused-ring (bicyclic) bond motifs is 3. The zero-order chi connectivity index (χ0) is 20.7. The number of rotatable bonds is 6. The summed E-state index contributed by atoms with van der Waals surface area (Å²) < 4.78 is 5.69. The molecule has 0 spiro atoms. The number of carboxylic acids is 1. The summed E-state index contributed by atoms with van der Waals surface area (Å²) in [5.41, 5.74) is 1.47. The highest BCUT2D eigenvalue weighted by molar-refractivity contribution is 5.77. The molecule has 1 aliphatic heterocycles. The number of ether oxygens (including phenoxy) is 1. The van der Waals surface area contributed by atoms with Crippen LogP contribution in [0.3, 0.4) is 0 Å². The number of nitrogens with one attached hydrogen (secondary N) is 1. The average Bonchev–Trinajstić information content (AvgIpc) is 3.08. The van der Waals surface area contributed by atoms with Crippen molar-refractivity contribution < 1.29 is 29.6 Å². The highest BCUT2D eigenvalue weighted by atomic mass is 16.6. The largest absolute Gasteiger partial charge is 0.480 e. The molecule has 28 heavy (non-hydrogen) atoms. The highest BCUT2D eigenvalue weighted by Gasteiger charge is 2.57. The van der Waals surface area contributed by atoms with Gasteiger partial charge in [0.05, 0.1) is 18.1 Å². The second-order valence-electron chi connectivity index (χ2n) is 8.58. The Labute approximate surface area is 165 Å². The molecule has 3 aliphatic rings. The molecule has 2 saturated carbocycles. The molecule has 0 unspecified atom stereocenters. The lowest BCUT2D eigenvalue weighted by Crippen LogP contribution is -2.47. The van der Waals surface area contributed by atoms with Crippen LogP contribution in [0.4, 0.5) is 0 Å². The number of carbonyl (C=O) groups is 2. The van der Waals surface area contributed by atoms with Crippen molar-refractivity contribution >= 4 is 11.9 Å². The van der Waals surface area contributed by atoms with E-state index in [0.717, 1.165) is 5.57 Å². The first kappa shape index (κ1) is 21.0. The van der Waals surface area contributed by atoms with Crippen LogP contribution in [0.5, 0.6) is 0 Å². The van der Waals surface area contributed by atoms with E-state index in [-0.39, 0.29) is 24.3 Å². The summed E-state index contributed by atoms with van der Waals surface area (Å²) >= 11 is 0. The van der Waals surface area contributed by atoms with E-state index in [1.54, 1.807) is 0 Å². The van der Waals surface area contributed by atoms with Crippen molar-refractivity contribution in [2.45, 2.75) is 57.5 Å². The molecule has 3 rings (SSSR count). The molecule has 156 valence electrons. The molecule has 1 heterocycles. The molecule has 3 fully saturated rings. The van der Waals surface area contributed by atoms with Crippen molar-refractivity contribution in [3.8, 4) is 0 Å². The number of aliphatic carboxylic acids is 1. The molecular formula is C21H31NO6. The Morgan fingerprint density at radius 3 is 2.64 bits per heavy atom. The number of aliphatic hydroxyl groups excluding tert-OH is 2. The number of esters is 1. The number of aliphatic hydroxyl groups is 2. The normalized spacial score (nSPS) is 39.7. The first-order valence-corrected chi connectivity index (χ1v) is 10.1. The molecule has 1 saturated heterocycles. The van der Waals surface area contributed by atoms with Crippen LogP contribution in [-0.2, 0) is 14.3 Å². The van der Waals surface area contributed by atoms with Gasteiger partial charge in [-0.15, -0.1) is 0 Å². The Balaban J connectivity index is 1.83. The van der Waals surface area contributed by atoms with E-state index < -0.39 is 48.1 Å². The summed E-state index contributed by atoms with van der Waals surface area (Å²) in [4.78, 5) is 24.2. The molecule has 2 aliphatic carbocycles. The van der Waals surface area contributed by atoms with Gasteiger partial charge in [0.25, 0.3) is 0 Å². The van der Waals surface area contributed by atoms with Crippen LogP contribution < -0.4 is 5.32 Å². The van der Waals surface area contributed by atoms with Crippen LogP contribution in [0.1, 0.15) is 33.1 Å². The van der Waals surface area contributed by atoms with Gasteiger partial charge in [-0.05, 0) is 30.3 Å². The molecular weight excluding hydrogens is 362 g/mol. The number of hydrogen-bond donors (Lipinski definition) is 4. The van der Waals surface area contributed by atoms with Gasteiger partial charge in [0.15, 0.2) is 0 Å². The monoisotopic (exact) mass is 393 g/mol. The van der Waals surface area contributed by atoms with Crippen molar-refractivity contribution in [1.29, 1.82) is 0 Å². The topological polar surface area (TPSA) is 116 Å². The molecule has 0 radical (unpaired) electrons. The molecule has 0 bridgehead atoms. The van der Waals surface area contributed by atoms with E-state index in [9.17, 15) is 24.9 Å². The highest BCUT2D eigenvalue weighted by Crippen LogP contribution is 2.52. The fraction of sp³-hybridized carbons (Fsp3) is 0.714. The molecule has 0 aromatic heterocycles. The number of carboxylic acid groups (broad SMARTS) is 1. The molecule has 7 heteroatoms. The standard InChI is InChI=1S/C21H31NO6/c1-5-9(2)18(20(25)26)22-8-13-17-15(24)6-10(3)12-7-14(23)11(4)16(12)19(17)28-21(13)27/h9,12-19,22-24H,3-8H2,1-2H3,(H,25,26)/t9-,12-,13-,14-,15-,16-,17+,18-,19+/m0/s1. The van der Waals surface area contributed by atoms with Gasteiger partial charge in [0, 0.05) is 18.4 Å². The minimum Gasteiger partial charge on any atom is -0.480 e. The van der Waals surface area contributed by atoms with Gasteiger partial charge in [-0.3, -0.25) is 9.59 Å². The van der Waals surface area contributed by atoms with Crippen LogP contribution in [0.2, 0.25) is 0 Å². The lowest BCUT2D eigenvalue weighted by atomic mass is 9.78. The summed E-state index contributed by atoms with van der Waals surface area (Å²) in [7, 11) is 0. The van der Waals surface area contributed by atoms with Crippen LogP contribution in [-0.4, -0.2) is 58.2 Å². The third-order valence-electron chi connectivity index (χ3n) is 7.00. The van der Waals surface area contributed by atoms with Crippen LogP contribution in [0.15, 0.2) is 24.3 Å². The SMILES string of the molecule is C=C1[C@@H]2[C@H]3OC(=O)[C@@H](CN[C@H](C(=O)O)[C@@H](C)CC)[C@@H]3[C@@H](O)CC(=C)[C@@H]2C[C@@H]1O. The predicted molar refractivity (Wildman–Crippen MR) is 102 cm³/mol. The third-order valence-corrected chi connectivity index (χ3v) is 7.00. The maximum Gasteiger partial charge on any atom is 0.320 e. The predicted octanol–water partition coefficient (Wildman–Crippen LogP) is 1.11. The summed E-state index contributed by atoms with van der Waals surface area (Å²) in [6.07, 6.45) is -0.542. The molecule has 9 atom stereocenters. The van der Waals surface area contributed by atoms with E-state index >= 15 is 0 Å². The van der Waals surface area contributed by atoms with Crippen molar-refractivity contribution in [3.05, 3.63) is 24.3 Å². The Hall–Kier alpha value is -1.70. The van der Waals surface area contributed by atoms with Crippen molar-refractivity contribution in [1.82, 2.24) is 5.32 Å². The van der Waals surface area contributed by atoms with E-state index in [4.69, 9.17) is 4.74 Å². The molecule has 0 amide bonds. The minimum absolute atomic E-state index is 0.0708. The molecule has 7 nitrogen and oxygen atoms in total. The average molecular weight is 393 g/mol. The molecule has 0 aromatic rings. The Kier molecular flexibility index (Phi) is 5.98. The van der Waals surface area contributed by atoms with Gasteiger partial charge in [-0.25, -0.2) is 0 Å².